The number of amides is 4. The Balaban J connectivity index is 2.66. The maximum Gasteiger partial charge on any atom is 0.242 e. The van der Waals surface area contributed by atoms with Gasteiger partial charge >= 0.3 is 0 Å². The topological polar surface area (TPSA) is 108 Å². The average molecular weight is 284 g/mol. The number of hydrogen-bond donors (Lipinski definition) is 3. The highest BCUT2D eigenvalue weighted by molar-refractivity contribution is 5.91. The number of carbonyl (C=O) groups excluding carboxylic acids is 4. The van der Waals surface area contributed by atoms with E-state index in [1.807, 2.05) is 0 Å². The van der Waals surface area contributed by atoms with Gasteiger partial charge in [0.25, 0.3) is 0 Å². The molecule has 20 heavy (non-hydrogen) atoms. The lowest BCUT2D eigenvalue weighted by Gasteiger charge is -2.20. The number of likely N-dealkylation sites (N-methyl/N-ethyl adjacent to an activating group) is 1. The predicted molar refractivity (Wildman–Crippen MR) is 70.5 cm³/mol. The molecule has 1 atom stereocenters. The standard InChI is InChI=1S/C12H20N4O4/c1-8-12(20)14-7-11(19)16(2)6-5-13-9(17)3-4-10(18)15-8/h8H,3-7H2,1-2H3,(H,13,17)(H,14,20)(H,15,18). The molecular weight excluding hydrogens is 264 g/mol. The minimum Gasteiger partial charge on any atom is -0.354 e. The van der Waals surface area contributed by atoms with Crippen molar-refractivity contribution >= 4 is 23.6 Å². The average Bonchev–Trinajstić information content (AvgIpc) is 2.40. The summed E-state index contributed by atoms with van der Waals surface area (Å²) in [6, 6.07) is -0.744. The maximum absolute atomic E-state index is 11.7. The molecular formula is C12H20N4O4. The Morgan fingerprint density at radius 1 is 1.05 bits per heavy atom. The van der Waals surface area contributed by atoms with E-state index in [2.05, 4.69) is 16.0 Å². The first-order chi connectivity index (χ1) is 9.40. The van der Waals surface area contributed by atoms with Gasteiger partial charge in [-0.05, 0) is 6.92 Å². The zero-order chi connectivity index (χ0) is 15.1. The molecule has 1 heterocycles. The van der Waals surface area contributed by atoms with Crippen LogP contribution in [0.3, 0.4) is 0 Å². The third-order valence-corrected chi connectivity index (χ3v) is 2.96. The molecule has 1 rings (SSSR count). The molecule has 0 radical (unpaired) electrons. The van der Waals surface area contributed by atoms with Crippen LogP contribution in [0.1, 0.15) is 19.8 Å². The molecule has 0 aromatic heterocycles. The second kappa shape index (κ2) is 7.46. The van der Waals surface area contributed by atoms with Crippen molar-refractivity contribution < 1.29 is 19.2 Å². The van der Waals surface area contributed by atoms with Crippen molar-refractivity contribution in [3.05, 3.63) is 0 Å². The Morgan fingerprint density at radius 2 is 1.70 bits per heavy atom. The molecule has 1 aliphatic heterocycles. The molecule has 8 nitrogen and oxygen atoms in total. The molecule has 0 aromatic rings. The molecule has 0 aliphatic carbocycles. The third-order valence-electron chi connectivity index (χ3n) is 2.96. The summed E-state index contributed by atoms with van der Waals surface area (Å²) in [5, 5.41) is 7.57. The molecule has 1 fully saturated rings. The monoisotopic (exact) mass is 284 g/mol. The van der Waals surface area contributed by atoms with Gasteiger partial charge in [0.15, 0.2) is 0 Å². The first kappa shape index (κ1) is 15.9. The summed E-state index contributed by atoms with van der Waals surface area (Å²) >= 11 is 0. The first-order valence-electron chi connectivity index (χ1n) is 6.48. The van der Waals surface area contributed by atoms with Gasteiger partial charge in [-0.25, -0.2) is 0 Å². The quantitative estimate of drug-likeness (QED) is 0.477. The Morgan fingerprint density at radius 3 is 2.40 bits per heavy atom. The zero-order valence-electron chi connectivity index (χ0n) is 11.7. The van der Waals surface area contributed by atoms with Crippen molar-refractivity contribution in [2.75, 3.05) is 26.7 Å². The second-order valence-corrected chi connectivity index (χ2v) is 4.67. The van der Waals surface area contributed by atoms with Crippen molar-refractivity contribution in [3.8, 4) is 0 Å². The zero-order valence-corrected chi connectivity index (χ0v) is 11.7. The van der Waals surface area contributed by atoms with Crippen LogP contribution in [0.4, 0.5) is 0 Å². The van der Waals surface area contributed by atoms with Gasteiger partial charge < -0.3 is 20.9 Å². The van der Waals surface area contributed by atoms with E-state index in [-0.39, 0.29) is 37.1 Å². The molecule has 112 valence electrons. The van der Waals surface area contributed by atoms with Gasteiger partial charge in [-0.3, -0.25) is 19.2 Å². The highest BCUT2D eigenvalue weighted by Crippen LogP contribution is 1.93. The fourth-order valence-corrected chi connectivity index (χ4v) is 1.63. The summed E-state index contributed by atoms with van der Waals surface area (Å²) < 4.78 is 0. The van der Waals surface area contributed by atoms with E-state index in [9.17, 15) is 19.2 Å². The summed E-state index contributed by atoms with van der Waals surface area (Å²) in [6.07, 6.45) is 0.0794. The second-order valence-electron chi connectivity index (χ2n) is 4.67. The SMILES string of the molecule is CC1NC(=O)CCC(=O)NCCN(C)C(=O)CNC1=O. The molecule has 8 heteroatoms. The maximum atomic E-state index is 11.7. The highest BCUT2D eigenvalue weighted by atomic mass is 16.2. The smallest absolute Gasteiger partial charge is 0.242 e. The van der Waals surface area contributed by atoms with E-state index in [0.717, 1.165) is 0 Å². The van der Waals surface area contributed by atoms with Crippen molar-refractivity contribution in [3.63, 3.8) is 0 Å². The molecule has 1 saturated heterocycles. The van der Waals surface area contributed by atoms with Gasteiger partial charge in [0.2, 0.25) is 23.6 Å². The molecule has 0 spiro atoms. The minimum absolute atomic E-state index is 0.0260. The van der Waals surface area contributed by atoms with Crippen molar-refractivity contribution in [1.82, 2.24) is 20.9 Å². The predicted octanol–water partition coefficient (Wildman–Crippen LogP) is -2.02. The normalized spacial score (nSPS) is 23.5. The van der Waals surface area contributed by atoms with Crippen LogP contribution in [-0.2, 0) is 19.2 Å². The minimum atomic E-state index is -0.744. The Labute approximate surface area is 117 Å². The van der Waals surface area contributed by atoms with Gasteiger partial charge in [0.1, 0.15) is 6.04 Å². The van der Waals surface area contributed by atoms with Crippen LogP contribution in [0.15, 0.2) is 0 Å². The lowest BCUT2D eigenvalue weighted by molar-refractivity contribution is -0.133. The highest BCUT2D eigenvalue weighted by Gasteiger charge is 2.18. The number of nitrogens with one attached hydrogen (secondary N) is 3. The summed E-state index contributed by atoms with van der Waals surface area (Å²) in [5.74, 6) is -1.32. The van der Waals surface area contributed by atoms with Crippen LogP contribution in [0.2, 0.25) is 0 Å². The lowest BCUT2D eigenvalue weighted by atomic mass is 10.2. The summed E-state index contributed by atoms with van der Waals surface area (Å²) in [7, 11) is 1.59. The van der Waals surface area contributed by atoms with Crippen molar-refractivity contribution in [1.29, 1.82) is 0 Å². The van der Waals surface area contributed by atoms with Gasteiger partial charge in [-0.1, -0.05) is 0 Å². The van der Waals surface area contributed by atoms with E-state index in [1.54, 1.807) is 7.05 Å². The van der Waals surface area contributed by atoms with Crippen LogP contribution >= 0.6 is 0 Å². The molecule has 0 bridgehead atoms. The fraction of sp³-hybridized carbons (Fsp3) is 0.667. The van der Waals surface area contributed by atoms with E-state index in [1.165, 1.54) is 11.8 Å². The molecule has 1 aliphatic rings. The van der Waals surface area contributed by atoms with Crippen molar-refractivity contribution in [2.24, 2.45) is 0 Å². The van der Waals surface area contributed by atoms with Crippen LogP contribution < -0.4 is 16.0 Å². The first-order valence-corrected chi connectivity index (χ1v) is 6.48. The molecule has 0 saturated carbocycles. The van der Waals surface area contributed by atoms with Crippen LogP contribution in [0.5, 0.6) is 0 Å². The number of hydrogen-bond acceptors (Lipinski definition) is 4. The van der Waals surface area contributed by atoms with Crippen LogP contribution in [0.25, 0.3) is 0 Å². The largest absolute Gasteiger partial charge is 0.354 e. The van der Waals surface area contributed by atoms with Gasteiger partial charge in [0.05, 0.1) is 6.54 Å². The Hall–Kier alpha value is -2.12. The van der Waals surface area contributed by atoms with Gasteiger partial charge in [0, 0.05) is 33.0 Å². The lowest BCUT2D eigenvalue weighted by Crippen LogP contribution is -2.49. The van der Waals surface area contributed by atoms with E-state index in [0.29, 0.717) is 13.1 Å². The van der Waals surface area contributed by atoms with Crippen LogP contribution in [0, 0.1) is 0 Å². The molecule has 1 unspecified atom stereocenters. The molecule has 4 amide bonds. The van der Waals surface area contributed by atoms with Crippen LogP contribution in [-0.4, -0.2) is 61.3 Å². The third kappa shape index (κ3) is 5.25. The molecule has 3 N–H and O–H groups in total. The van der Waals surface area contributed by atoms with E-state index >= 15 is 0 Å². The fourth-order valence-electron chi connectivity index (χ4n) is 1.63. The molecule has 0 aromatic carbocycles. The van der Waals surface area contributed by atoms with Crippen molar-refractivity contribution in [2.45, 2.75) is 25.8 Å². The number of nitrogens with zero attached hydrogens (tertiary/aromatic N) is 1. The Kier molecular flexibility index (Phi) is 5.95. The summed E-state index contributed by atoms with van der Waals surface area (Å²) in [4.78, 5) is 47.8. The van der Waals surface area contributed by atoms with Gasteiger partial charge in [-0.2, -0.15) is 0 Å². The van der Waals surface area contributed by atoms with E-state index in [4.69, 9.17) is 0 Å². The number of rotatable bonds is 0. The Bertz CT molecular complexity index is 410. The summed E-state index contributed by atoms with van der Waals surface area (Å²) in [6.45, 7) is 2.05. The summed E-state index contributed by atoms with van der Waals surface area (Å²) in [5.41, 5.74) is 0. The van der Waals surface area contributed by atoms with E-state index < -0.39 is 11.9 Å². The van der Waals surface area contributed by atoms with Gasteiger partial charge in [-0.15, -0.1) is 0 Å². The number of carbonyl (C=O) groups is 4.